The molecule has 0 spiro atoms. The first kappa shape index (κ1) is 10.8. The van der Waals surface area contributed by atoms with Crippen LogP contribution in [0.15, 0.2) is 22.0 Å². The average Bonchev–Trinajstić information content (AvgIpc) is 2.11. The topological polar surface area (TPSA) is 22.0 Å². The normalized spacial score (nSPS) is 16.4. The molecule has 0 unspecified atom stereocenters. The van der Waals surface area contributed by atoms with Crippen LogP contribution in [-0.4, -0.2) is 10.3 Å². The van der Waals surface area contributed by atoms with Gasteiger partial charge in [-0.05, 0) is 31.2 Å². The summed E-state index contributed by atoms with van der Waals surface area (Å²) in [5, 5.41) is 0. The van der Waals surface area contributed by atoms with Crippen LogP contribution < -0.4 is 5.56 Å². The molecule has 1 heterocycles. The van der Waals surface area contributed by atoms with Gasteiger partial charge >= 0.3 is 0 Å². The van der Waals surface area contributed by atoms with E-state index < -0.39 is 0 Å². The lowest BCUT2D eigenvalue weighted by Gasteiger charge is -2.24. The predicted molar refractivity (Wildman–Crippen MR) is 64.5 cm³/mol. The highest BCUT2D eigenvalue weighted by Gasteiger charge is 2.17. The third-order valence-corrected chi connectivity index (χ3v) is 4.46. The van der Waals surface area contributed by atoms with Crippen LogP contribution in [0, 0.1) is 12.8 Å². The van der Waals surface area contributed by atoms with E-state index in [0.717, 1.165) is 11.5 Å². The van der Waals surface area contributed by atoms with E-state index >= 15 is 0 Å². The Morgan fingerprint density at radius 2 is 2.27 bits per heavy atom. The Kier molecular flexibility index (Phi) is 3.19. The zero-order valence-corrected chi connectivity index (χ0v) is 10.1. The molecular weight excluding hydrogens is 206 g/mol. The fraction of sp³-hybridized carbons (Fsp3) is 0.583. The Bertz CT molecular complexity index is 407. The number of pyridine rings is 1. The summed E-state index contributed by atoms with van der Waals surface area (Å²) in [5.74, 6) is 2.12. The summed E-state index contributed by atoms with van der Waals surface area (Å²) in [5.41, 5.74) is 1.20. The van der Waals surface area contributed by atoms with Crippen molar-refractivity contribution in [2.75, 3.05) is 5.75 Å². The van der Waals surface area contributed by atoms with E-state index in [1.165, 1.54) is 29.9 Å². The van der Waals surface area contributed by atoms with Crippen molar-refractivity contribution in [3.8, 4) is 0 Å². The van der Waals surface area contributed by atoms with Crippen molar-refractivity contribution in [2.24, 2.45) is 13.0 Å². The summed E-state index contributed by atoms with van der Waals surface area (Å²) < 4.78 is 1.66. The van der Waals surface area contributed by atoms with Crippen molar-refractivity contribution in [2.45, 2.75) is 31.1 Å². The van der Waals surface area contributed by atoms with Gasteiger partial charge in [0.1, 0.15) is 0 Å². The Morgan fingerprint density at radius 3 is 2.87 bits per heavy atom. The molecule has 0 amide bonds. The first-order chi connectivity index (χ1) is 7.16. The molecule has 0 bridgehead atoms. The van der Waals surface area contributed by atoms with Crippen molar-refractivity contribution < 1.29 is 0 Å². The van der Waals surface area contributed by atoms with Crippen molar-refractivity contribution in [3.63, 3.8) is 0 Å². The van der Waals surface area contributed by atoms with Gasteiger partial charge in [0.2, 0.25) is 0 Å². The first-order valence-corrected chi connectivity index (χ1v) is 6.45. The second-order valence-corrected chi connectivity index (χ2v) is 5.44. The lowest BCUT2D eigenvalue weighted by Crippen LogP contribution is -2.16. The van der Waals surface area contributed by atoms with Gasteiger partial charge in [0.05, 0.1) is 0 Å². The maximum atomic E-state index is 11.4. The molecule has 1 aromatic rings. The molecule has 1 aromatic heterocycles. The molecule has 1 aliphatic rings. The van der Waals surface area contributed by atoms with Gasteiger partial charge in [-0.3, -0.25) is 4.79 Å². The van der Waals surface area contributed by atoms with E-state index in [1.54, 1.807) is 10.6 Å². The number of aryl methyl sites for hydroxylation is 2. The van der Waals surface area contributed by atoms with Crippen LogP contribution in [0.3, 0.4) is 0 Å². The van der Waals surface area contributed by atoms with Crippen LogP contribution in [0.1, 0.15) is 24.8 Å². The summed E-state index contributed by atoms with van der Waals surface area (Å²) in [6, 6.07) is 1.73. The summed E-state index contributed by atoms with van der Waals surface area (Å²) in [7, 11) is 1.81. The zero-order chi connectivity index (χ0) is 10.8. The van der Waals surface area contributed by atoms with E-state index in [9.17, 15) is 4.79 Å². The summed E-state index contributed by atoms with van der Waals surface area (Å²) in [6.45, 7) is 2.02. The minimum absolute atomic E-state index is 0.0838. The Morgan fingerprint density at radius 1 is 1.53 bits per heavy atom. The highest BCUT2D eigenvalue weighted by atomic mass is 32.2. The standard InChI is InChI=1S/C12H17NOS/c1-9-6-12(14)13(2)7-11(9)15-8-10-4-3-5-10/h6-7,10H,3-5,8H2,1-2H3. The molecule has 2 nitrogen and oxygen atoms in total. The van der Waals surface area contributed by atoms with Crippen molar-refractivity contribution in [3.05, 3.63) is 28.2 Å². The van der Waals surface area contributed by atoms with Crippen molar-refractivity contribution in [1.82, 2.24) is 4.57 Å². The Labute approximate surface area is 94.7 Å². The van der Waals surface area contributed by atoms with Gasteiger partial charge in [-0.15, -0.1) is 11.8 Å². The molecule has 0 radical (unpaired) electrons. The summed E-state index contributed by atoms with van der Waals surface area (Å²) in [4.78, 5) is 12.6. The maximum Gasteiger partial charge on any atom is 0.250 e. The second kappa shape index (κ2) is 4.44. The highest BCUT2D eigenvalue weighted by molar-refractivity contribution is 7.99. The zero-order valence-electron chi connectivity index (χ0n) is 9.32. The van der Waals surface area contributed by atoms with Crippen molar-refractivity contribution in [1.29, 1.82) is 0 Å². The predicted octanol–water partition coefficient (Wildman–Crippen LogP) is 2.59. The Hall–Kier alpha value is -0.700. The molecule has 0 atom stereocenters. The van der Waals surface area contributed by atoms with E-state index in [1.807, 2.05) is 31.9 Å². The van der Waals surface area contributed by atoms with E-state index in [-0.39, 0.29) is 5.56 Å². The summed E-state index contributed by atoms with van der Waals surface area (Å²) >= 11 is 1.89. The number of hydrogen-bond acceptors (Lipinski definition) is 2. The van der Waals surface area contributed by atoms with Gasteiger partial charge in [0, 0.05) is 30.0 Å². The minimum atomic E-state index is 0.0838. The molecule has 0 saturated heterocycles. The van der Waals surface area contributed by atoms with Crippen LogP contribution in [0.25, 0.3) is 0 Å². The smallest absolute Gasteiger partial charge is 0.250 e. The molecular formula is C12H17NOS. The van der Waals surface area contributed by atoms with Crippen LogP contribution >= 0.6 is 11.8 Å². The van der Waals surface area contributed by atoms with Crippen LogP contribution in [-0.2, 0) is 7.05 Å². The third kappa shape index (κ3) is 2.46. The van der Waals surface area contributed by atoms with Crippen LogP contribution in [0.5, 0.6) is 0 Å². The number of hydrogen-bond donors (Lipinski definition) is 0. The van der Waals surface area contributed by atoms with Gasteiger partial charge in [-0.2, -0.15) is 0 Å². The largest absolute Gasteiger partial charge is 0.317 e. The van der Waals surface area contributed by atoms with Gasteiger partial charge in [-0.1, -0.05) is 6.42 Å². The van der Waals surface area contributed by atoms with Gasteiger partial charge in [0.25, 0.3) is 5.56 Å². The highest BCUT2D eigenvalue weighted by Crippen LogP contribution is 2.33. The molecule has 1 fully saturated rings. The summed E-state index contributed by atoms with van der Waals surface area (Å²) in [6.07, 6.45) is 6.13. The van der Waals surface area contributed by atoms with E-state index in [0.29, 0.717) is 0 Å². The fourth-order valence-corrected chi connectivity index (χ4v) is 2.99. The number of rotatable bonds is 3. The average molecular weight is 223 g/mol. The number of nitrogens with zero attached hydrogens (tertiary/aromatic N) is 1. The van der Waals surface area contributed by atoms with Crippen LogP contribution in [0.2, 0.25) is 0 Å². The molecule has 1 saturated carbocycles. The molecule has 0 aromatic carbocycles. The first-order valence-electron chi connectivity index (χ1n) is 5.47. The number of aromatic nitrogens is 1. The third-order valence-electron chi connectivity index (χ3n) is 3.09. The molecule has 0 aliphatic heterocycles. The van der Waals surface area contributed by atoms with E-state index in [2.05, 4.69) is 0 Å². The quantitative estimate of drug-likeness (QED) is 0.735. The molecule has 2 rings (SSSR count). The number of thioether (sulfide) groups is 1. The second-order valence-electron chi connectivity index (χ2n) is 4.38. The lowest BCUT2D eigenvalue weighted by atomic mass is 9.87. The monoisotopic (exact) mass is 223 g/mol. The fourth-order valence-electron chi connectivity index (χ4n) is 1.72. The SMILES string of the molecule is Cc1cc(=O)n(C)cc1SCC1CCC1. The van der Waals surface area contributed by atoms with Gasteiger partial charge < -0.3 is 4.57 Å². The molecule has 0 N–H and O–H groups in total. The van der Waals surface area contributed by atoms with Gasteiger partial charge in [0.15, 0.2) is 0 Å². The molecule has 15 heavy (non-hydrogen) atoms. The van der Waals surface area contributed by atoms with Gasteiger partial charge in [-0.25, -0.2) is 0 Å². The van der Waals surface area contributed by atoms with Crippen LogP contribution in [0.4, 0.5) is 0 Å². The van der Waals surface area contributed by atoms with Crippen molar-refractivity contribution >= 4 is 11.8 Å². The molecule has 82 valence electrons. The lowest BCUT2D eigenvalue weighted by molar-refractivity contribution is 0.353. The Balaban J connectivity index is 2.06. The van der Waals surface area contributed by atoms with E-state index in [4.69, 9.17) is 0 Å². The minimum Gasteiger partial charge on any atom is -0.317 e. The molecule has 1 aliphatic carbocycles. The molecule has 3 heteroatoms. The maximum absolute atomic E-state index is 11.4.